The maximum Gasteiger partial charge on any atom is 0.237 e. The Balaban J connectivity index is 2.22. The lowest BCUT2D eigenvalue weighted by Crippen LogP contribution is -2.49. The molecule has 1 amide bonds. The van der Waals surface area contributed by atoms with Crippen LogP contribution in [0.5, 0.6) is 0 Å². The first-order valence-corrected chi connectivity index (χ1v) is 6.88. The Bertz CT molecular complexity index is 527. The van der Waals surface area contributed by atoms with Gasteiger partial charge < -0.3 is 15.8 Å². The van der Waals surface area contributed by atoms with Gasteiger partial charge in [0.15, 0.2) is 0 Å². The summed E-state index contributed by atoms with van der Waals surface area (Å²) in [7, 11) is 0. The van der Waals surface area contributed by atoms with Gasteiger partial charge in [0, 0.05) is 23.9 Å². The smallest absolute Gasteiger partial charge is 0.237 e. The standard InChI is InChI=1S/C13H14ClFN2O2S/c14-8-5-9(15)7-10(6-8)17-12(18)13(11(16)20)1-3-19-4-2-13/h5-7H,1-4H2,(H2,16,20)(H,17,18). The highest BCUT2D eigenvalue weighted by Gasteiger charge is 2.43. The average molecular weight is 317 g/mol. The van der Waals surface area contributed by atoms with E-state index >= 15 is 0 Å². The first kappa shape index (κ1) is 15.2. The summed E-state index contributed by atoms with van der Waals surface area (Å²) in [5.74, 6) is -0.876. The van der Waals surface area contributed by atoms with Gasteiger partial charge in [0.2, 0.25) is 5.91 Å². The number of amides is 1. The quantitative estimate of drug-likeness (QED) is 0.841. The van der Waals surface area contributed by atoms with Crippen molar-refractivity contribution in [2.75, 3.05) is 18.5 Å². The number of anilines is 1. The molecule has 1 fully saturated rings. The number of nitrogens with one attached hydrogen (secondary N) is 1. The van der Waals surface area contributed by atoms with Crippen LogP contribution in [0.2, 0.25) is 5.02 Å². The first-order chi connectivity index (χ1) is 9.44. The largest absolute Gasteiger partial charge is 0.392 e. The van der Waals surface area contributed by atoms with Crippen LogP contribution >= 0.6 is 23.8 Å². The molecule has 1 heterocycles. The third-order valence-corrected chi connectivity index (χ3v) is 3.98. The Hall–Kier alpha value is -1.24. The molecule has 1 aliphatic heterocycles. The summed E-state index contributed by atoms with van der Waals surface area (Å²) in [4.78, 5) is 12.6. The summed E-state index contributed by atoms with van der Waals surface area (Å²) in [5.41, 5.74) is 5.06. The molecular weight excluding hydrogens is 303 g/mol. The Morgan fingerprint density at radius 2 is 2.05 bits per heavy atom. The number of carbonyl (C=O) groups is 1. The number of hydrogen-bond acceptors (Lipinski definition) is 3. The Kier molecular flexibility index (Phi) is 4.57. The second kappa shape index (κ2) is 6.03. The third-order valence-electron chi connectivity index (χ3n) is 3.37. The SMILES string of the molecule is NC(=S)C1(C(=O)Nc2cc(F)cc(Cl)c2)CCOCC1. The summed E-state index contributed by atoms with van der Waals surface area (Å²) >= 11 is 10.8. The van der Waals surface area contributed by atoms with Crippen LogP contribution in [0.25, 0.3) is 0 Å². The first-order valence-electron chi connectivity index (χ1n) is 6.09. The van der Waals surface area contributed by atoms with Crippen molar-refractivity contribution >= 4 is 40.4 Å². The number of benzene rings is 1. The molecule has 7 heteroatoms. The number of carbonyl (C=O) groups excluding carboxylic acids is 1. The predicted molar refractivity (Wildman–Crippen MR) is 79.3 cm³/mol. The van der Waals surface area contributed by atoms with Crippen LogP contribution in [0.1, 0.15) is 12.8 Å². The van der Waals surface area contributed by atoms with Gasteiger partial charge in [-0.15, -0.1) is 0 Å². The van der Waals surface area contributed by atoms with Gasteiger partial charge >= 0.3 is 0 Å². The molecule has 1 aromatic carbocycles. The lowest BCUT2D eigenvalue weighted by Gasteiger charge is -2.34. The van der Waals surface area contributed by atoms with E-state index in [1.54, 1.807) is 0 Å². The summed E-state index contributed by atoms with van der Waals surface area (Å²) < 4.78 is 18.5. The molecule has 2 rings (SSSR count). The van der Waals surface area contributed by atoms with E-state index in [0.717, 1.165) is 6.07 Å². The fourth-order valence-electron chi connectivity index (χ4n) is 2.18. The minimum atomic E-state index is -0.952. The Morgan fingerprint density at radius 3 is 2.60 bits per heavy atom. The number of thiocarbonyl (C=S) groups is 1. The van der Waals surface area contributed by atoms with Crippen molar-refractivity contribution in [2.24, 2.45) is 11.1 Å². The molecule has 1 aliphatic rings. The highest BCUT2D eigenvalue weighted by atomic mass is 35.5. The van der Waals surface area contributed by atoms with E-state index in [9.17, 15) is 9.18 Å². The van der Waals surface area contributed by atoms with E-state index in [4.69, 9.17) is 34.3 Å². The van der Waals surface area contributed by atoms with Gasteiger partial charge in [-0.1, -0.05) is 23.8 Å². The summed E-state index contributed by atoms with van der Waals surface area (Å²) in [6, 6.07) is 3.82. The van der Waals surface area contributed by atoms with Crippen molar-refractivity contribution in [3.8, 4) is 0 Å². The van der Waals surface area contributed by atoms with Crippen LogP contribution in [-0.2, 0) is 9.53 Å². The van der Waals surface area contributed by atoms with E-state index in [1.165, 1.54) is 12.1 Å². The fourth-order valence-corrected chi connectivity index (χ4v) is 2.70. The van der Waals surface area contributed by atoms with Crippen molar-refractivity contribution < 1.29 is 13.9 Å². The molecule has 108 valence electrons. The molecule has 1 aromatic rings. The highest BCUT2D eigenvalue weighted by Crippen LogP contribution is 2.33. The summed E-state index contributed by atoms with van der Waals surface area (Å²) in [5, 5.41) is 2.83. The molecule has 0 bridgehead atoms. The molecule has 4 nitrogen and oxygen atoms in total. The summed E-state index contributed by atoms with van der Waals surface area (Å²) in [6.45, 7) is 0.823. The number of rotatable bonds is 3. The molecule has 0 aromatic heterocycles. The Morgan fingerprint density at radius 1 is 1.40 bits per heavy atom. The molecular formula is C13H14ClFN2O2S. The molecule has 0 aliphatic carbocycles. The van der Waals surface area contributed by atoms with Crippen LogP contribution in [0.15, 0.2) is 18.2 Å². The van der Waals surface area contributed by atoms with Gasteiger partial charge in [-0.3, -0.25) is 4.79 Å². The number of halogens is 2. The molecule has 0 spiro atoms. The van der Waals surface area contributed by atoms with Crippen molar-refractivity contribution in [2.45, 2.75) is 12.8 Å². The minimum absolute atomic E-state index is 0.126. The zero-order chi connectivity index (χ0) is 14.8. The molecule has 0 radical (unpaired) electrons. The average Bonchev–Trinajstić information content (AvgIpc) is 2.38. The van der Waals surface area contributed by atoms with E-state index in [2.05, 4.69) is 5.32 Å². The van der Waals surface area contributed by atoms with Crippen LogP contribution in [0.3, 0.4) is 0 Å². The number of hydrogen-bond donors (Lipinski definition) is 2. The molecule has 0 unspecified atom stereocenters. The van der Waals surface area contributed by atoms with Gasteiger partial charge in [0.25, 0.3) is 0 Å². The Labute approximate surface area is 126 Å². The molecule has 3 N–H and O–H groups in total. The lowest BCUT2D eigenvalue weighted by molar-refractivity contribution is -0.126. The van der Waals surface area contributed by atoms with Crippen LogP contribution in [-0.4, -0.2) is 24.1 Å². The van der Waals surface area contributed by atoms with E-state index in [1.807, 2.05) is 0 Å². The van der Waals surface area contributed by atoms with Gasteiger partial charge in [-0.2, -0.15) is 0 Å². The van der Waals surface area contributed by atoms with Crippen molar-refractivity contribution in [3.05, 3.63) is 29.0 Å². The van der Waals surface area contributed by atoms with E-state index in [-0.39, 0.29) is 21.6 Å². The van der Waals surface area contributed by atoms with Gasteiger partial charge in [-0.05, 0) is 31.0 Å². The lowest BCUT2D eigenvalue weighted by atomic mass is 9.79. The van der Waals surface area contributed by atoms with Crippen molar-refractivity contribution in [1.82, 2.24) is 0 Å². The fraction of sp³-hybridized carbons (Fsp3) is 0.385. The van der Waals surface area contributed by atoms with Crippen LogP contribution in [0, 0.1) is 11.2 Å². The zero-order valence-electron chi connectivity index (χ0n) is 10.6. The van der Waals surface area contributed by atoms with Crippen molar-refractivity contribution in [1.29, 1.82) is 0 Å². The highest BCUT2D eigenvalue weighted by molar-refractivity contribution is 7.80. The maximum atomic E-state index is 13.3. The number of nitrogens with two attached hydrogens (primary N) is 1. The van der Waals surface area contributed by atoms with Crippen molar-refractivity contribution in [3.63, 3.8) is 0 Å². The van der Waals surface area contributed by atoms with Gasteiger partial charge in [0.1, 0.15) is 11.2 Å². The normalized spacial score (nSPS) is 17.5. The van der Waals surface area contributed by atoms with Gasteiger partial charge in [-0.25, -0.2) is 4.39 Å². The second-order valence-corrected chi connectivity index (χ2v) is 5.55. The van der Waals surface area contributed by atoms with E-state index < -0.39 is 11.2 Å². The predicted octanol–water partition coefficient (Wildman–Crippen LogP) is 2.50. The van der Waals surface area contributed by atoms with Crippen LogP contribution in [0.4, 0.5) is 10.1 Å². The minimum Gasteiger partial charge on any atom is -0.392 e. The van der Waals surface area contributed by atoms with E-state index in [0.29, 0.717) is 26.1 Å². The molecule has 20 heavy (non-hydrogen) atoms. The zero-order valence-corrected chi connectivity index (χ0v) is 12.2. The topological polar surface area (TPSA) is 64.4 Å². The summed E-state index contributed by atoms with van der Waals surface area (Å²) in [6.07, 6.45) is 0.828. The maximum absolute atomic E-state index is 13.3. The molecule has 1 saturated heterocycles. The molecule has 0 atom stereocenters. The van der Waals surface area contributed by atoms with Gasteiger partial charge in [0.05, 0.1) is 4.99 Å². The third kappa shape index (κ3) is 3.08. The monoisotopic (exact) mass is 316 g/mol. The molecule has 0 saturated carbocycles. The number of ether oxygens (including phenoxy) is 1. The van der Waals surface area contributed by atoms with Crippen LogP contribution < -0.4 is 11.1 Å². The second-order valence-electron chi connectivity index (χ2n) is 4.67.